The number of rotatable bonds is 7. The topological polar surface area (TPSA) is 66.2 Å². The van der Waals surface area contributed by atoms with Gasteiger partial charge in [-0.3, -0.25) is 0 Å². The predicted octanol–water partition coefficient (Wildman–Crippen LogP) is 5.14. The van der Waals surface area contributed by atoms with Crippen molar-refractivity contribution in [3.8, 4) is 23.0 Å². The maximum atomic E-state index is 6.46. The summed E-state index contributed by atoms with van der Waals surface area (Å²) in [4.78, 5) is 2.63. The van der Waals surface area contributed by atoms with Crippen LogP contribution in [-0.4, -0.2) is 38.5 Å². The van der Waals surface area contributed by atoms with Crippen LogP contribution >= 0.6 is 0 Å². The lowest BCUT2D eigenvalue weighted by Crippen LogP contribution is -2.39. The van der Waals surface area contributed by atoms with E-state index in [1.807, 2.05) is 0 Å². The fourth-order valence-electron chi connectivity index (χ4n) is 6.22. The molecule has 34 heavy (non-hydrogen) atoms. The van der Waals surface area contributed by atoms with Crippen LogP contribution in [-0.2, 0) is 6.42 Å². The lowest BCUT2D eigenvalue weighted by molar-refractivity contribution is 0.174. The second kappa shape index (κ2) is 9.06. The van der Waals surface area contributed by atoms with E-state index in [0.717, 1.165) is 48.8 Å². The van der Waals surface area contributed by atoms with Crippen molar-refractivity contribution in [1.29, 1.82) is 0 Å². The molecule has 3 aliphatic heterocycles. The number of ether oxygens (including phenoxy) is 4. The van der Waals surface area contributed by atoms with E-state index in [4.69, 9.17) is 24.7 Å². The van der Waals surface area contributed by atoms with Gasteiger partial charge in [0.15, 0.2) is 23.0 Å². The van der Waals surface area contributed by atoms with Gasteiger partial charge in [-0.2, -0.15) is 0 Å². The molecule has 0 spiro atoms. The molecule has 0 amide bonds. The summed E-state index contributed by atoms with van der Waals surface area (Å²) < 4.78 is 23.7. The van der Waals surface area contributed by atoms with Crippen molar-refractivity contribution < 1.29 is 18.9 Å². The maximum absolute atomic E-state index is 6.46. The Morgan fingerprint density at radius 1 is 1.09 bits per heavy atom. The standard InChI is InChI=1S/C28H34N2O4/c1-31-23-9-8-20-14-22-21-16-25-24(33-17-34-25)15-19(21)10-12-30(22)27(18-6-2-3-7-18)26(20)28(23)32-13-5-4-11-29/h8-9,14-16,18,27H,2-7,10-13,17,29H2,1H3/t27-/m0/s1. The minimum absolute atomic E-state index is 0.288. The van der Waals surface area contributed by atoms with Crippen LogP contribution in [0.3, 0.4) is 0 Å². The molecule has 180 valence electrons. The molecular weight excluding hydrogens is 428 g/mol. The first-order valence-corrected chi connectivity index (χ1v) is 12.7. The van der Waals surface area contributed by atoms with E-state index in [-0.39, 0.29) is 6.04 Å². The summed E-state index contributed by atoms with van der Waals surface area (Å²) in [6.07, 6.45) is 10.4. The molecule has 3 heterocycles. The quantitative estimate of drug-likeness (QED) is 0.575. The molecule has 6 heteroatoms. The zero-order chi connectivity index (χ0) is 23.1. The average Bonchev–Trinajstić information content (AvgIpc) is 3.56. The second-order valence-electron chi connectivity index (χ2n) is 9.77. The third-order valence-corrected chi connectivity index (χ3v) is 7.83. The van der Waals surface area contributed by atoms with E-state index in [0.29, 0.717) is 25.9 Å². The Labute approximate surface area is 201 Å². The smallest absolute Gasteiger partial charge is 0.231 e. The molecule has 1 fully saturated rings. The van der Waals surface area contributed by atoms with E-state index >= 15 is 0 Å². The zero-order valence-electron chi connectivity index (χ0n) is 20.0. The first kappa shape index (κ1) is 21.7. The number of unbranched alkanes of at least 4 members (excludes halogenated alkanes) is 1. The van der Waals surface area contributed by atoms with Crippen molar-refractivity contribution in [1.82, 2.24) is 4.90 Å². The third-order valence-electron chi connectivity index (χ3n) is 7.83. The van der Waals surface area contributed by atoms with Gasteiger partial charge in [0.05, 0.1) is 19.8 Å². The van der Waals surface area contributed by atoms with Crippen molar-refractivity contribution in [2.45, 2.75) is 51.0 Å². The summed E-state index contributed by atoms with van der Waals surface area (Å²) in [6, 6.07) is 8.90. The number of hydrogen-bond donors (Lipinski definition) is 1. The molecule has 0 saturated heterocycles. The molecule has 2 N–H and O–H groups in total. The maximum Gasteiger partial charge on any atom is 0.231 e. The SMILES string of the molecule is COc1ccc2c(c1OCCCCN)[C@H](C1CCCC1)N1CCc3cc4c(cc3C1=C2)OCO4. The highest BCUT2D eigenvalue weighted by Gasteiger charge is 2.41. The van der Waals surface area contributed by atoms with Crippen molar-refractivity contribution >= 4 is 11.8 Å². The number of methoxy groups -OCH3 is 1. The van der Waals surface area contributed by atoms with Gasteiger partial charge in [0, 0.05) is 23.4 Å². The Kier molecular flexibility index (Phi) is 5.77. The van der Waals surface area contributed by atoms with E-state index in [1.165, 1.54) is 53.6 Å². The highest BCUT2D eigenvalue weighted by molar-refractivity contribution is 5.88. The number of fused-ring (bicyclic) bond motifs is 5. The lowest BCUT2D eigenvalue weighted by atomic mass is 9.80. The highest BCUT2D eigenvalue weighted by Crippen LogP contribution is 2.54. The largest absolute Gasteiger partial charge is 0.493 e. The van der Waals surface area contributed by atoms with Crippen molar-refractivity contribution in [2.75, 3.05) is 33.6 Å². The molecule has 0 aromatic heterocycles. The Morgan fingerprint density at radius 3 is 2.71 bits per heavy atom. The van der Waals surface area contributed by atoms with Crippen LogP contribution in [0.5, 0.6) is 23.0 Å². The normalized spacial score (nSPS) is 20.5. The van der Waals surface area contributed by atoms with Crippen LogP contribution in [0, 0.1) is 5.92 Å². The van der Waals surface area contributed by atoms with Crippen LogP contribution in [0.1, 0.15) is 66.8 Å². The summed E-state index contributed by atoms with van der Waals surface area (Å²) in [7, 11) is 1.74. The van der Waals surface area contributed by atoms with E-state index < -0.39 is 0 Å². The van der Waals surface area contributed by atoms with E-state index in [9.17, 15) is 0 Å². The minimum Gasteiger partial charge on any atom is -0.493 e. The summed E-state index contributed by atoms with van der Waals surface area (Å²) >= 11 is 0. The van der Waals surface area contributed by atoms with Crippen LogP contribution in [0.2, 0.25) is 0 Å². The molecular formula is C28H34N2O4. The predicted molar refractivity (Wildman–Crippen MR) is 132 cm³/mol. The van der Waals surface area contributed by atoms with Crippen molar-refractivity contribution in [3.05, 3.63) is 46.5 Å². The number of nitrogens with zero attached hydrogens (tertiary/aromatic N) is 1. The molecule has 2 aromatic rings. The molecule has 0 unspecified atom stereocenters. The molecule has 6 nitrogen and oxygen atoms in total. The van der Waals surface area contributed by atoms with E-state index in [1.54, 1.807) is 7.11 Å². The van der Waals surface area contributed by atoms with Gasteiger partial charge >= 0.3 is 0 Å². The summed E-state index contributed by atoms with van der Waals surface area (Å²) in [5.74, 6) is 4.07. The Bertz CT molecular complexity index is 1110. The van der Waals surface area contributed by atoms with Gasteiger partial charge in [-0.1, -0.05) is 18.9 Å². The minimum atomic E-state index is 0.288. The first-order valence-electron chi connectivity index (χ1n) is 12.7. The summed E-state index contributed by atoms with van der Waals surface area (Å²) in [5, 5.41) is 0. The number of benzene rings is 2. The van der Waals surface area contributed by atoms with Crippen LogP contribution in [0.4, 0.5) is 0 Å². The molecule has 1 aliphatic carbocycles. The molecule has 6 rings (SSSR count). The van der Waals surface area contributed by atoms with Crippen LogP contribution < -0.4 is 24.7 Å². The van der Waals surface area contributed by atoms with Crippen molar-refractivity contribution in [2.24, 2.45) is 11.7 Å². The van der Waals surface area contributed by atoms with Gasteiger partial charge in [-0.25, -0.2) is 0 Å². The summed E-state index contributed by atoms with van der Waals surface area (Å²) in [6.45, 7) is 2.64. The van der Waals surface area contributed by atoms with E-state index in [2.05, 4.69) is 35.2 Å². The van der Waals surface area contributed by atoms with Gasteiger partial charge in [0.1, 0.15) is 0 Å². The summed E-state index contributed by atoms with van der Waals surface area (Å²) in [5.41, 5.74) is 12.2. The molecule has 1 atom stereocenters. The number of hydrogen-bond acceptors (Lipinski definition) is 6. The molecule has 1 saturated carbocycles. The monoisotopic (exact) mass is 462 g/mol. The average molecular weight is 463 g/mol. The van der Waals surface area contributed by atoms with Gasteiger partial charge in [0.2, 0.25) is 6.79 Å². The van der Waals surface area contributed by atoms with Gasteiger partial charge in [-0.05, 0) is 80.0 Å². The number of nitrogens with two attached hydrogens (primary N) is 1. The lowest BCUT2D eigenvalue weighted by Gasteiger charge is -2.46. The fourth-order valence-corrected chi connectivity index (χ4v) is 6.22. The van der Waals surface area contributed by atoms with Gasteiger partial charge < -0.3 is 29.6 Å². The van der Waals surface area contributed by atoms with Gasteiger partial charge in [-0.15, -0.1) is 0 Å². The van der Waals surface area contributed by atoms with Crippen molar-refractivity contribution in [3.63, 3.8) is 0 Å². The fraction of sp³-hybridized carbons (Fsp3) is 0.500. The molecule has 2 aromatic carbocycles. The molecule has 0 bridgehead atoms. The van der Waals surface area contributed by atoms with Crippen LogP contribution in [0.15, 0.2) is 24.3 Å². The Hall–Kier alpha value is -2.86. The molecule has 4 aliphatic rings. The second-order valence-corrected chi connectivity index (χ2v) is 9.77. The first-order chi connectivity index (χ1) is 16.8. The Morgan fingerprint density at radius 2 is 1.91 bits per heavy atom. The Balaban J connectivity index is 1.48. The van der Waals surface area contributed by atoms with Crippen LogP contribution in [0.25, 0.3) is 11.8 Å². The zero-order valence-corrected chi connectivity index (χ0v) is 20.0. The van der Waals surface area contributed by atoms with Gasteiger partial charge in [0.25, 0.3) is 0 Å². The molecule has 0 radical (unpaired) electrons. The third kappa shape index (κ3) is 3.59. The highest BCUT2D eigenvalue weighted by atomic mass is 16.7.